The highest BCUT2D eigenvalue weighted by Crippen LogP contribution is 2.18. The van der Waals surface area contributed by atoms with Crippen LogP contribution in [-0.4, -0.2) is 21.2 Å². The topological polar surface area (TPSA) is 76.2 Å². The van der Waals surface area contributed by atoms with Gasteiger partial charge in [0.2, 0.25) is 5.65 Å². The quantitative estimate of drug-likeness (QED) is 0.704. The zero-order valence-corrected chi connectivity index (χ0v) is 6.95. The van der Waals surface area contributed by atoms with Crippen LogP contribution in [0.3, 0.4) is 0 Å². The van der Waals surface area contributed by atoms with Crippen molar-refractivity contribution in [3.63, 3.8) is 0 Å². The van der Waals surface area contributed by atoms with Gasteiger partial charge in [-0.3, -0.25) is 0 Å². The van der Waals surface area contributed by atoms with Crippen LogP contribution in [0.2, 0.25) is 5.15 Å². The highest BCUT2D eigenvalue weighted by atomic mass is 35.5. The molecule has 1 N–H and O–H groups in total. The molecule has 0 unspecified atom stereocenters. The lowest BCUT2D eigenvalue weighted by Gasteiger charge is -1.87. The number of hydrogen-bond donors (Lipinski definition) is 1. The molecule has 0 saturated carbocycles. The van der Waals surface area contributed by atoms with Gasteiger partial charge >= 0.3 is 5.97 Å². The van der Waals surface area contributed by atoms with Crippen molar-refractivity contribution in [2.75, 3.05) is 0 Å². The fourth-order valence-electron chi connectivity index (χ4n) is 0.964. The van der Waals surface area contributed by atoms with Crippen molar-refractivity contribution in [1.82, 2.24) is 10.1 Å². The normalized spacial score (nSPS) is 10.5. The average Bonchev–Trinajstić information content (AvgIpc) is 2.46. The zero-order chi connectivity index (χ0) is 9.42. The fourth-order valence-corrected chi connectivity index (χ4v) is 1.11. The summed E-state index contributed by atoms with van der Waals surface area (Å²) in [5.74, 6) is -1.40. The van der Waals surface area contributed by atoms with E-state index < -0.39 is 5.97 Å². The Morgan fingerprint density at radius 3 is 3.00 bits per heavy atom. The lowest BCUT2D eigenvalue weighted by Crippen LogP contribution is -1.93. The molecule has 0 aliphatic rings. The van der Waals surface area contributed by atoms with Gasteiger partial charge in [0.15, 0.2) is 0 Å². The van der Waals surface area contributed by atoms with E-state index in [0.717, 1.165) is 0 Å². The molecule has 0 aliphatic heterocycles. The maximum atomic E-state index is 10.6. The van der Waals surface area contributed by atoms with Crippen molar-refractivity contribution in [2.45, 2.75) is 0 Å². The van der Waals surface area contributed by atoms with Gasteiger partial charge in [-0.1, -0.05) is 16.8 Å². The lowest BCUT2D eigenvalue weighted by atomic mass is 10.3. The average molecular weight is 199 g/mol. The van der Waals surface area contributed by atoms with Crippen molar-refractivity contribution < 1.29 is 14.4 Å². The van der Waals surface area contributed by atoms with Crippen LogP contribution in [0.5, 0.6) is 0 Å². The molecule has 5 nitrogen and oxygen atoms in total. The molecule has 0 spiro atoms. The third kappa shape index (κ3) is 1.23. The molecule has 2 heterocycles. The Morgan fingerprint density at radius 2 is 2.31 bits per heavy atom. The largest absolute Gasteiger partial charge is 0.475 e. The molecule has 0 fully saturated rings. The third-order valence-corrected chi connectivity index (χ3v) is 1.71. The molecule has 0 atom stereocenters. The van der Waals surface area contributed by atoms with Gasteiger partial charge in [-0.05, 0) is 12.1 Å². The monoisotopic (exact) mass is 198 g/mol. The molecule has 0 amide bonds. The van der Waals surface area contributed by atoms with Crippen LogP contribution < -0.4 is 0 Å². The number of carbonyl (C=O) groups is 1. The molecular weight excluding hydrogens is 196 g/mol. The van der Waals surface area contributed by atoms with Gasteiger partial charge < -0.3 is 9.63 Å². The van der Waals surface area contributed by atoms with Gasteiger partial charge in [-0.25, -0.2) is 9.78 Å². The number of pyridine rings is 1. The Balaban J connectivity index is 2.76. The van der Waals surface area contributed by atoms with Gasteiger partial charge in [0.25, 0.3) is 5.76 Å². The molecule has 0 saturated heterocycles. The molecule has 0 aromatic carbocycles. The first-order valence-corrected chi connectivity index (χ1v) is 3.71. The Kier molecular flexibility index (Phi) is 1.66. The van der Waals surface area contributed by atoms with Crippen LogP contribution in [0.25, 0.3) is 11.0 Å². The smallest absolute Gasteiger partial charge is 0.375 e. The zero-order valence-electron chi connectivity index (χ0n) is 6.19. The number of halogens is 1. The fraction of sp³-hybridized carbons (Fsp3) is 0. The number of carboxylic acid groups (broad SMARTS) is 1. The van der Waals surface area contributed by atoms with E-state index in [9.17, 15) is 4.79 Å². The lowest BCUT2D eigenvalue weighted by molar-refractivity contribution is 0.0655. The Labute approximate surface area is 76.9 Å². The number of aromatic nitrogens is 2. The summed E-state index contributed by atoms with van der Waals surface area (Å²) in [7, 11) is 0. The van der Waals surface area contributed by atoms with E-state index in [1.54, 1.807) is 0 Å². The van der Waals surface area contributed by atoms with E-state index in [1.165, 1.54) is 12.1 Å². The summed E-state index contributed by atoms with van der Waals surface area (Å²) in [5, 5.41) is 12.7. The minimum absolute atomic E-state index is 0.199. The van der Waals surface area contributed by atoms with Gasteiger partial charge in [-0.15, -0.1) is 0 Å². The number of nitrogens with zero attached hydrogens (tertiary/aromatic N) is 2. The van der Waals surface area contributed by atoms with Crippen LogP contribution >= 0.6 is 11.6 Å². The van der Waals surface area contributed by atoms with E-state index in [-0.39, 0.29) is 16.6 Å². The third-order valence-electron chi connectivity index (χ3n) is 1.50. The van der Waals surface area contributed by atoms with Gasteiger partial charge in [0.1, 0.15) is 5.15 Å². The first-order valence-electron chi connectivity index (χ1n) is 3.33. The maximum Gasteiger partial charge on any atom is 0.375 e. The molecule has 13 heavy (non-hydrogen) atoms. The first-order chi connectivity index (χ1) is 6.18. The van der Waals surface area contributed by atoms with Crippen molar-refractivity contribution in [3.05, 3.63) is 23.0 Å². The van der Waals surface area contributed by atoms with Gasteiger partial charge in [0.05, 0.1) is 5.39 Å². The maximum absolute atomic E-state index is 10.6. The molecule has 66 valence electrons. The van der Waals surface area contributed by atoms with Gasteiger partial charge in [0, 0.05) is 0 Å². The second kappa shape index (κ2) is 2.70. The minimum atomic E-state index is -1.17. The molecule has 2 aromatic heterocycles. The van der Waals surface area contributed by atoms with Crippen LogP contribution in [0.1, 0.15) is 10.6 Å². The Bertz CT molecular complexity index is 480. The van der Waals surface area contributed by atoms with Crippen LogP contribution in [-0.2, 0) is 0 Å². The summed E-state index contributed by atoms with van der Waals surface area (Å²) in [4.78, 5) is 14.3. The van der Waals surface area contributed by atoms with Crippen molar-refractivity contribution >= 4 is 28.6 Å². The van der Waals surface area contributed by atoms with Crippen molar-refractivity contribution in [1.29, 1.82) is 0 Å². The predicted octanol–water partition coefficient (Wildman–Crippen LogP) is 1.57. The van der Waals surface area contributed by atoms with Crippen molar-refractivity contribution in [3.8, 4) is 0 Å². The summed E-state index contributed by atoms with van der Waals surface area (Å²) in [6.07, 6.45) is 0. The molecule has 0 radical (unpaired) electrons. The predicted molar refractivity (Wildman–Crippen MR) is 43.8 cm³/mol. The number of rotatable bonds is 1. The number of carboxylic acids is 1. The summed E-state index contributed by atoms with van der Waals surface area (Å²) < 4.78 is 4.56. The number of aromatic carboxylic acids is 1. The Hall–Kier alpha value is -1.62. The highest BCUT2D eigenvalue weighted by molar-refractivity contribution is 6.29. The van der Waals surface area contributed by atoms with Crippen LogP contribution in [0.15, 0.2) is 16.7 Å². The van der Waals surface area contributed by atoms with E-state index >= 15 is 0 Å². The molecule has 2 rings (SSSR count). The van der Waals surface area contributed by atoms with E-state index in [4.69, 9.17) is 16.7 Å². The summed E-state index contributed by atoms with van der Waals surface area (Å²) in [6.45, 7) is 0. The first kappa shape index (κ1) is 8.00. The highest BCUT2D eigenvalue weighted by Gasteiger charge is 2.15. The second-order valence-electron chi connectivity index (χ2n) is 2.32. The van der Waals surface area contributed by atoms with Gasteiger partial charge in [-0.2, -0.15) is 0 Å². The minimum Gasteiger partial charge on any atom is -0.475 e. The second-order valence-corrected chi connectivity index (χ2v) is 2.71. The molecular formula is C7H3ClN2O3. The summed E-state index contributed by atoms with van der Waals surface area (Å²) in [5.41, 5.74) is 0.199. The molecule has 2 aromatic rings. The SMILES string of the molecule is O=C(O)c1onc2nc(Cl)ccc12. The van der Waals surface area contributed by atoms with E-state index in [2.05, 4.69) is 14.7 Å². The standard InChI is InChI=1S/C7H3ClN2O3/c8-4-2-1-3-5(7(11)12)13-10-6(3)9-4/h1-2H,(H,11,12). The van der Waals surface area contributed by atoms with Crippen LogP contribution in [0.4, 0.5) is 0 Å². The number of hydrogen-bond acceptors (Lipinski definition) is 4. The summed E-state index contributed by atoms with van der Waals surface area (Å²) >= 11 is 5.57. The van der Waals surface area contributed by atoms with E-state index in [0.29, 0.717) is 5.39 Å². The van der Waals surface area contributed by atoms with E-state index in [1.807, 2.05) is 0 Å². The summed E-state index contributed by atoms with van der Waals surface area (Å²) in [6, 6.07) is 2.98. The molecule has 0 aliphatic carbocycles. The number of fused-ring (bicyclic) bond motifs is 1. The van der Waals surface area contributed by atoms with Crippen LogP contribution in [0, 0.1) is 0 Å². The molecule has 0 bridgehead atoms. The van der Waals surface area contributed by atoms with Crippen molar-refractivity contribution in [2.24, 2.45) is 0 Å². The molecule has 6 heteroatoms. The Morgan fingerprint density at radius 1 is 1.54 bits per heavy atom.